The lowest BCUT2D eigenvalue weighted by Crippen LogP contribution is -2.09. The molecule has 3 rings (SSSR count). The molecule has 0 saturated heterocycles. The van der Waals surface area contributed by atoms with Crippen LogP contribution in [0.3, 0.4) is 0 Å². The molecule has 2 N–H and O–H groups in total. The lowest BCUT2D eigenvalue weighted by Gasteiger charge is -2.06. The second-order valence-electron chi connectivity index (χ2n) is 4.30. The van der Waals surface area contributed by atoms with Gasteiger partial charge in [0, 0.05) is 12.7 Å². The Morgan fingerprint density at radius 1 is 1.17 bits per heavy atom. The maximum absolute atomic E-state index is 5.60. The highest BCUT2D eigenvalue weighted by Crippen LogP contribution is 2.15. The van der Waals surface area contributed by atoms with Crippen molar-refractivity contribution in [3.05, 3.63) is 42.4 Å². The summed E-state index contributed by atoms with van der Waals surface area (Å²) >= 11 is 0. The van der Waals surface area contributed by atoms with Gasteiger partial charge in [0.25, 0.3) is 0 Å². The van der Waals surface area contributed by atoms with E-state index in [0.29, 0.717) is 5.82 Å². The Bertz CT molecular complexity index is 680. The number of rotatable bonds is 3. The van der Waals surface area contributed by atoms with Crippen LogP contribution in [0.2, 0.25) is 0 Å². The summed E-state index contributed by atoms with van der Waals surface area (Å²) in [6.07, 6.45) is 1.89. The van der Waals surface area contributed by atoms with Crippen molar-refractivity contribution in [2.45, 2.75) is 20.0 Å². The summed E-state index contributed by atoms with van der Waals surface area (Å²) in [4.78, 5) is 4.54. The number of imidazole rings is 1. The topological polar surface area (TPSA) is 61.7 Å². The van der Waals surface area contributed by atoms with E-state index in [9.17, 15) is 0 Å². The van der Waals surface area contributed by atoms with Crippen molar-refractivity contribution >= 4 is 16.9 Å². The van der Waals surface area contributed by atoms with Crippen LogP contribution in [-0.4, -0.2) is 19.3 Å². The van der Waals surface area contributed by atoms with Gasteiger partial charge in [-0.1, -0.05) is 12.1 Å². The number of nitrogens with zero attached hydrogens (tertiary/aromatic N) is 4. The van der Waals surface area contributed by atoms with Crippen LogP contribution in [0, 0.1) is 6.92 Å². The predicted molar refractivity (Wildman–Crippen MR) is 71.1 cm³/mol. The average Bonchev–Trinajstić information content (AvgIpc) is 2.90. The van der Waals surface area contributed by atoms with Gasteiger partial charge in [-0.3, -0.25) is 4.68 Å². The summed E-state index contributed by atoms with van der Waals surface area (Å²) in [6, 6.07) is 9.97. The van der Waals surface area contributed by atoms with Gasteiger partial charge < -0.3 is 10.3 Å². The van der Waals surface area contributed by atoms with Crippen molar-refractivity contribution < 1.29 is 0 Å². The smallest absolute Gasteiger partial charge is 0.145 e. The van der Waals surface area contributed by atoms with Crippen molar-refractivity contribution in [3.8, 4) is 0 Å². The number of hydrogen-bond donors (Lipinski definition) is 1. The summed E-state index contributed by atoms with van der Waals surface area (Å²) in [5.74, 6) is 1.58. The molecule has 0 spiro atoms. The van der Waals surface area contributed by atoms with E-state index < -0.39 is 0 Å². The first-order chi connectivity index (χ1) is 8.74. The van der Waals surface area contributed by atoms with Crippen LogP contribution >= 0.6 is 0 Å². The van der Waals surface area contributed by atoms with Crippen LogP contribution in [0.4, 0.5) is 5.82 Å². The lowest BCUT2D eigenvalue weighted by atomic mass is 10.3. The predicted octanol–water partition coefficient (Wildman–Crippen LogP) is 1.82. The molecule has 0 aliphatic heterocycles. The second-order valence-corrected chi connectivity index (χ2v) is 4.30. The van der Waals surface area contributed by atoms with Crippen LogP contribution in [-0.2, 0) is 13.1 Å². The van der Waals surface area contributed by atoms with Crippen LogP contribution in [0.5, 0.6) is 0 Å². The molecule has 0 bridgehead atoms. The van der Waals surface area contributed by atoms with Crippen molar-refractivity contribution in [1.82, 2.24) is 19.3 Å². The molecule has 2 heterocycles. The van der Waals surface area contributed by atoms with Gasteiger partial charge in [0.2, 0.25) is 0 Å². The highest BCUT2D eigenvalue weighted by Gasteiger charge is 2.06. The van der Waals surface area contributed by atoms with Gasteiger partial charge in [0.15, 0.2) is 0 Å². The van der Waals surface area contributed by atoms with Gasteiger partial charge in [0.1, 0.15) is 11.6 Å². The first kappa shape index (κ1) is 10.8. The normalized spacial score (nSPS) is 11.2. The molecular weight excluding hydrogens is 226 g/mol. The summed E-state index contributed by atoms with van der Waals surface area (Å²) < 4.78 is 4.05. The molecule has 92 valence electrons. The van der Waals surface area contributed by atoms with Gasteiger partial charge in [-0.05, 0) is 25.1 Å². The largest absolute Gasteiger partial charge is 0.382 e. The molecule has 1 aromatic carbocycles. The first-order valence-electron chi connectivity index (χ1n) is 5.95. The second kappa shape index (κ2) is 4.18. The fourth-order valence-electron chi connectivity index (χ4n) is 2.18. The number of fused-ring (bicyclic) bond motifs is 1. The number of hydrogen-bond acceptors (Lipinski definition) is 3. The maximum Gasteiger partial charge on any atom is 0.145 e. The van der Waals surface area contributed by atoms with Gasteiger partial charge >= 0.3 is 0 Å². The minimum Gasteiger partial charge on any atom is -0.382 e. The lowest BCUT2D eigenvalue weighted by molar-refractivity contribution is 0.535. The third kappa shape index (κ3) is 1.84. The summed E-state index contributed by atoms with van der Waals surface area (Å²) in [5, 5.41) is 4.18. The zero-order chi connectivity index (χ0) is 12.5. The highest BCUT2D eigenvalue weighted by atomic mass is 15.3. The summed E-state index contributed by atoms with van der Waals surface area (Å²) in [6.45, 7) is 3.66. The van der Waals surface area contributed by atoms with Crippen LogP contribution in [0.25, 0.3) is 11.0 Å². The number of nitrogen functional groups attached to an aromatic ring is 1. The zero-order valence-electron chi connectivity index (χ0n) is 10.2. The molecule has 5 nitrogen and oxygen atoms in total. The van der Waals surface area contributed by atoms with Gasteiger partial charge in [0.05, 0.1) is 17.6 Å². The fourth-order valence-corrected chi connectivity index (χ4v) is 2.18. The van der Waals surface area contributed by atoms with Crippen LogP contribution in [0.15, 0.2) is 36.5 Å². The molecule has 0 fully saturated rings. The standard InChI is InChI=1S/C13H15N5/c1-10-15-11-4-2-3-5-12(11)18(10)9-8-17-7-6-13(14)16-17/h2-7H,8-9H2,1H3,(H2,14,16). The number of para-hydroxylation sites is 2. The van der Waals surface area contributed by atoms with Gasteiger partial charge in [-0.15, -0.1) is 0 Å². The van der Waals surface area contributed by atoms with Crippen molar-refractivity contribution in [2.24, 2.45) is 0 Å². The monoisotopic (exact) mass is 241 g/mol. The van der Waals surface area contributed by atoms with E-state index >= 15 is 0 Å². The third-order valence-corrected chi connectivity index (χ3v) is 3.06. The zero-order valence-corrected chi connectivity index (χ0v) is 10.2. The molecule has 2 aromatic heterocycles. The number of benzene rings is 1. The Hall–Kier alpha value is -2.30. The molecule has 5 heteroatoms. The van der Waals surface area contributed by atoms with E-state index in [-0.39, 0.29) is 0 Å². The van der Waals surface area contributed by atoms with E-state index in [4.69, 9.17) is 5.73 Å². The van der Waals surface area contributed by atoms with E-state index in [1.165, 1.54) is 0 Å². The SMILES string of the molecule is Cc1nc2ccccc2n1CCn1ccc(N)n1. The molecule has 0 unspecified atom stereocenters. The molecular formula is C13H15N5. The number of nitrogens with two attached hydrogens (primary N) is 1. The summed E-state index contributed by atoms with van der Waals surface area (Å²) in [7, 11) is 0. The maximum atomic E-state index is 5.60. The van der Waals surface area contributed by atoms with Crippen LogP contribution in [0.1, 0.15) is 5.82 Å². The quantitative estimate of drug-likeness (QED) is 0.761. The Morgan fingerprint density at radius 2 is 2.00 bits per heavy atom. The van der Waals surface area contributed by atoms with E-state index in [1.807, 2.05) is 36.0 Å². The molecule has 0 saturated carbocycles. The van der Waals surface area contributed by atoms with Crippen molar-refractivity contribution in [3.63, 3.8) is 0 Å². The van der Waals surface area contributed by atoms with E-state index in [1.54, 1.807) is 6.07 Å². The van der Waals surface area contributed by atoms with Crippen molar-refractivity contribution in [1.29, 1.82) is 0 Å². The van der Waals surface area contributed by atoms with Crippen LogP contribution < -0.4 is 5.73 Å². The molecule has 3 aromatic rings. The molecule has 0 aliphatic carbocycles. The Kier molecular flexibility index (Phi) is 2.51. The van der Waals surface area contributed by atoms with Gasteiger partial charge in [-0.25, -0.2) is 4.98 Å². The third-order valence-electron chi connectivity index (χ3n) is 3.06. The van der Waals surface area contributed by atoms with E-state index in [2.05, 4.69) is 20.7 Å². The number of aryl methyl sites for hydroxylation is 3. The minimum atomic E-state index is 0.558. The molecule has 0 aliphatic rings. The number of anilines is 1. The molecule has 0 atom stereocenters. The molecule has 0 radical (unpaired) electrons. The van der Waals surface area contributed by atoms with E-state index in [0.717, 1.165) is 29.9 Å². The molecule has 18 heavy (non-hydrogen) atoms. The fraction of sp³-hybridized carbons (Fsp3) is 0.231. The Balaban J connectivity index is 1.88. The highest BCUT2D eigenvalue weighted by molar-refractivity contribution is 5.75. The average molecular weight is 241 g/mol. The van der Waals surface area contributed by atoms with Crippen molar-refractivity contribution in [2.75, 3.05) is 5.73 Å². The molecule has 0 amide bonds. The Morgan fingerprint density at radius 3 is 2.78 bits per heavy atom. The first-order valence-corrected chi connectivity index (χ1v) is 5.95. The summed E-state index contributed by atoms with van der Waals surface area (Å²) in [5.41, 5.74) is 7.80. The van der Waals surface area contributed by atoms with Gasteiger partial charge in [-0.2, -0.15) is 5.10 Å². The number of aromatic nitrogens is 4. The minimum absolute atomic E-state index is 0.558. The Labute approximate surface area is 105 Å².